The molecule has 1 heterocycles. The summed E-state index contributed by atoms with van der Waals surface area (Å²) >= 11 is 0. The summed E-state index contributed by atoms with van der Waals surface area (Å²) < 4.78 is 39.2. The molecule has 0 aromatic heterocycles. The zero-order chi connectivity index (χ0) is 32.9. The molecular weight excluding hydrogens is 614 g/mol. The van der Waals surface area contributed by atoms with E-state index in [1.54, 1.807) is 24.3 Å². The summed E-state index contributed by atoms with van der Waals surface area (Å²) in [5.74, 6) is 0.492. The Labute approximate surface area is 274 Å². The first-order chi connectivity index (χ1) is 22.7. The van der Waals surface area contributed by atoms with Gasteiger partial charge in [0.2, 0.25) is 0 Å². The van der Waals surface area contributed by atoms with E-state index in [1.807, 2.05) is 115 Å². The van der Waals surface area contributed by atoms with Crippen molar-refractivity contribution >= 4 is 22.1 Å². The highest BCUT2D eigenvalue weighted by Crippen LogP contribution is 2.45. The maximum absolute atomic E-state index is 14.2. The number of nitrogens with zero attached hydrogens (tertiary/aromatic N) is 1. The predicted molar refractivity (Wildman–Crippen MR) is 178 cm³/mol. The molecule has 1 saturated heterocycles. The zero-order valence-corrected chi connectivity index (χ0v) is 26.5. The average Bonchev–Trinajstić information content (AvgIpc) is 3.36. The van der Waals surface area contributed by atoms with Crippen LogP contribution in [0.2, 0.25) is 0 Å². The van der Waals surface area contributed by atoms with Crippen LogP contribution in [-0.4, -0.2) is 44.3 Å². The molecule has 0 saturated carbocycles. The molecule has 0 aliphatic carbocycles. The molecule has 2 amide bonds. The maximum atomic E-state index is 14.2. The van der Waals surface area contributed by atoms with Crippen molar-refractivity contribution in [2.75, 3.05) is 12.9 Å². The smallest absolute Gasteiger partial charge is 0.418 e. The number of carbonyl (C=O) groups excluding carboxylic acids is 2. The molecule has 1 fully saturated rings. The summed E-state index contributed by atoms with van der Waals surface area (Å²) in [6.45, 7) is 0.403. The van der Waals surface area contributed by atoms with Crippen molar-refractivity contribution in [3.05, 3.63) is 167 Å². The molecule has 0 radical (unpaired) electrons. The van der Waals surface area contributed by atoms with Crippen molar-refractivity contribution in [2.24, 2.45) is 0 Å². The third kappa shape index (κ3) is 6.90. The molecule has 9 heteroatoms. The summed E-state index contributed by atoms with van der Waals surface area (Å²) in [6, 6.07) is 42.8. The topological polar surface area (TPSA) is 99.2 Å². The van der Waals surface area contributed by atoms with Crippen molar-refractivity contribution in [1.29, 1.82) is 0 Å². The van der Waals surface area contributed by atoms with E-state index in [4.69, 9.17) is 13.7 Å². The van der Waals surface area contributed by atoms with Crippen LogP contribution in [0.4, 0.5) is 4.79 Å². The van der Waals surface area contributed by atoms with E-state index < -0.39 is 33.8 Å². The van der Waals surface area contributed by atoms with Crippen molar-refractivity contribution < 1.29 is 31.7 Å². The maximum Gasteiger partial charge on any atom is 0.418 e. The van der Waals surface area contributed by atoms with Gasteiger partial charge in [0.25, 0.3) is 5.91 Å². The molecule has 5 aromatic rings. The summed E-state index contributed by atoms with van der Waals surface area (Å²) in [5, 5.41) is 0. The van der Waals surface area contributed by atoms with Crippen molar-refractivity contribution in [1.82, 2.24) is 4.90 Å². The lowest BCUT2D eigenvalue weighted by Gasteiger charge is -2.40. The molecule has 1 aliphatic rings. The molecule has 1 aliphatic heterocycles. The van der Waals surface area contributed by atoms with Crippen LogP contribution in [0.3, 0.4) is 0 Å². The number of rotatable bonds is 12. The monoisotopic (exact) mass is 647 g/mol. The van der Waals surface area contributed by atoms with Crippen LogP contribution in [0.1, 0.15) is 27.8 Å². The Bertz CT molecular complexity index is 1830. The summed E-state index contributed by atoms with van der Waals surface area (Å²) in [7, 11) is -3.57. The Hall–Kier alpha value is -5.41. The Morgan fingerprint density at radius 3 is 1.62 bits per heavy atom. The number of imide groups is 1. The molecule has 6 rings (SSSR count). The molecule has 238 valence electrons. The van der Waals surface area contributed by atoms with Gasteiger partial charge in [-0.3, -0.25) is 4.79 Å². The van der Waals surface area contributed by atoms with Gasteiger partial charge in [-0.2, -0.15) is 8.42 Å². The molecule has 0 spiro atoms. The van der Waals surface area contributed by atoms with Gasteiger partial charge in [-0.05, 0) is 52.1 Å². The second kappa shape index (κ2) is 13.5. The number of hydrogen-bond acceptors (Lipinski definition) is 7. The Balaban J connectivity index is 1.18. The fourth-order valence-electron chi connectivity index (χ4n) is 5.92. The van der Waals surface area contributed by atoms with Gasteiger partial charge in [-0.1, -0.05) is 115 Å². The van der Waals surface area contributed by atoms with Crippen LogP contribution >= 0.6 is 0 Å². The molecule has 47 heavy (non-hydrogen) atoms. The first kappa shape index (κ1) is 31.6. The number of cyclic esters (lactones) is 1. The second-order valence-corrected chi connectivity index (χ2v) is 12.8. The molecule has 1 atom stereocenters. The third-order valence-electron chi connectivity index (χ3n) is 8.01. The summed E-state index contributed by atoms with van der Waals surface area (Å²) in [6.07, 6.45) is 0.112. The van der Waals surface area contributed by atoms with E-state index in [1.165, 1.54) is 4.90 Å². The van der Waals surface area contributed by atoms with Crippen molar-refractivity contribution in [3.8, 4) is 11.5 Å². The highest BCUT2D eigenvalue weighted by atomic mass is 32.2. The third-order valence-corrected chi connectivity index (χ3v) is 8.50. The predicted octanol–water partition coefficient (Wildman–Crippen LogP) is 6.53. The standard InChI is InChI=1S/C38H33NO7S/c1-47(42,43)46-34-23-17-28(18-24-34)25-26-44-33-21-19-29(20-22-33)27-35-36(40)39(37(41)45-35)38(30-11-5-2-6-12-30,31-13-7-3-8-14-31)32-15-9-4-10-16-32/h2-24,35H,25-27H2,1H3. The first-order valence-electron chi connectivity index (χ1n) is 15.2. The molecule has 0 N–H and O–H groups in total. The quantitative estimate of drug-likeness (QED) is 0.112. The lowest BCUT2D eigenvalue weighted by Crippen LogP contribution is -2.51. The van der Waals surface area contributed by atoms with Crippen LogP contribution in [0, 0.1) is 0 Å². The number of benzene rings is 5. The molecule has 5 aromatic carbocycles. The van der Waals surface area contributed by atoms with Gasteiger partial charge in [0.1, 0.15) is 17.0 Å². The molecule has 8 nitrogen and oxygen atoms in total. The van der Waals surface area contributed by atoms with Crippen LogP contribution in [0.5, 0.6) is 11.5 Å². The fraction of sp³-hybridized carbons (Fsp3) is 0.158. The molecule has 0 bridgehead atoms. The van der Waals surface area contributed by atoms with Gasteiger partial charge in [-0.25, -0.2) is 9.69 Å². The number of hydrogen-bond donors (Lipinski definition) is 0. The van der Waals surface area contributed by atoms with Crippen LogP contribution in [0.25, 0.3) is 0 Å². The Kier molecular flexibility index (Phi) is 9.08. The van der Waals surface area contributed by atoms with Crippen LogP contribution in [0.15, 0.2) is 140 Å². The molecule has 1 unspecified atom stereocenters. The first-order valence-corrected chi connectivity index (χ1v) is 17.0. The van der Waals surface area contributed by atoms with Gasteiger partial charge >= 0.3 is 16.2 Å². The number of amides is 2. The highest BCUT2D eigenvalue weighted by Gasteiger charge is 2.55. The van der Waals surface area contributed by atoms with E-state index in [0.29, 0.717) is 18.8 Å². The van der Waals surface area contributed by atoms with Gasteiger partial charge < -0.3 is 13.7 Å². The lowest BCUT2D eigenvalue weighted by molar-refractivity contribution is -0.132. The van der Waals surface area contributed by atoms with Gasteiger partial charge in [0.05, 0.1) is 12.9 Å². The van der Waals surface area contributed by atoms with E-state index in [2.05, 4.69) is 0 Å². The lowest BCUT2D eigenvalue weighted by atomic mass is 9.75. The molecular formula is C38H33NO7S. The van der Waals surface area contributed by atoms with Gasteiger partial charge in [0.15, 0.2) is 6.10 Å². The van der Waals surface area contributed by atoms with Crippen LogP contribution in [-0.2, 0) is 38.0 Å². The minimum atomic E-state index is -3.57. The van der Waals surface area contributed by atoms with Gasteiger partial charge in [0, 0.05) is 12.8 Å². The summed E-state index contributed by atoms with van der Waals surface area (Å²) in [4.78, 5) is 29.3. The minimum absolute atomic E-state index is 0.206. The normalized spacial score (nSPS) is 14.9. The van der Waals surface area contributed by atoms with Gasteiger partial charge in [-0.15, -0.1) is 0 Å². The van der Waals surface area contributed by atoms with E-state index >= 15 is 0 Å². The number of ether oxygens (including phenoxy) is 2. The van der Waals surface area contributed by atoms with E-state index in [9.17, 15) is 18.0 Å². The SMILES string of the molecule is CS(=O)(=O)Oc1ccc(CCOc2ccc(CC3OC(=O)N(C(c4ccccc4)(c4ccccc4)c4ccccc4)C3=O)cc2)cc1. The van der Waals surface area contributed by atoms with Crippen LogP contribution < -0.4 is 8.92 Å². The Morgan fingerprint density at radius 1 is 0.660 bits per heavy atom. The summed E-state index contributed by atoms with van der Waals surface area (Å²) in [5.41, 5.74) is 2.84. The minimum Gasteiger partial charge on any atom is -0.493 e. The highest BCUT2D eigenvalue weighted by molar-refractivity contribution is 7.86. The van der Waals surface area contributed by atoms with E-state index in [-0.39, 0.29) is 12.2 Å². The van der Waals surface area contributed by atoms with E-state index in [0.717, 1.165) is 34.1 Å². The van der Waals surface area contributed by atoms with Crippen molar-refractivity contribution in [3.63, 3.8) is 0 Å². The zero-order valence-electron chi connectivity index (χ0n) is 25.7. The Morgan fingerprint density at radius 2 is 1.13 bits per heavy atom. The fourth-order valence-corrected chi connectivity index (χ4v) is 6.39. The van der Waals surface area contributed by atoms with Crippen molar-refractivity contribution in [2.45, 2.75) is 24.5 Å². The number of carbonyl (C=O) groups is 2. The second-order valence-electron chi connectivity index (χ2n) is 11.2. The average molecular weight is 648 g/mol. The largest absolute Gasteiger partial charge is 0.493 e.